The van der Waals surface area contributed by atoms with Crippen molar-refractivity contribution in [1.82, 2.24) is 5.32 Å². The fourth-order valence-corrected chi connectivity index (χ4v) is 3.04. The second-order valence-corrected chi connectivity index (χ2v) is 5.75. The molecular formula is C15H25NO2. The molecule has 0 aliphatic heterocycles. The molecule has 3 heteroatoms. The molecule has 0 bridgehead atoms. The highest BCUT2D eigenvalue weighted by molar-refractivity contribution is 5.15. The summed E-state index contributed by atoms with van der Waals surface area (Å²) < 4.78 is 11.5. The van der Waals surface area contributed by atoms with Crippen molar-refractivity contribution in [3.8, 4) is 0 Å². The highest BCUT2D eigenvalue weighted by Gasteiger charge is 2.24. The zero-order valence-corrected chi connectivity index (χ0v) is 11.7. The lowest BCUT2D eigenvalue weighted by molar-refractivity contribution is -0.0160. The van der Waals surface area contributed by atoms with Crippen LogP contribution in [0.5, 0.6) is 0 Å². The van der Waals surface area contributed by atoms with Crippen molar-refractivity contribution < 1.29 is 9.15 Å². The molecule has 1 aliphatic carbocycles. The molecule has 0 spiro atoms. The SMILES string of the molecule is CNCc1ccoc1COC1CC(C)CC(C)C1. The predicted octanol–water partition coefficient (Wildman–Crippen LogP) is 3.34. The topological polar surface area (TPSA) is 34.4 Å². The molecule has 1 aliphatic rings. The lowest BCUT2D eigenvalue weighted by Crippen LogP contribution is -2.26. The maximum Gasteiger partial charge on any atom is 0.133 e. The van der Waals surface area contributed by atoms with Gasteiger partial charge in [0.05, 0.1) is 12.4 Å². The smallest absolute Gasteiger partial charge is 0.133 e. The Labute approximate surface area is 110 Å². The van der Waals surface area contributed by atoms with Crippen molar-refractivity contribution in [2.24, 2.45) is 11.8 Å². The minimum absolute atomic E-state index is 0.399. The molecule has 3 nitrogen and oxygen atoms in total. The zero-order chi connectivity index (χ0) is 13.0. The van der Waals surface area contributed by atoms with Crippen molar-refractivity contribution in [2.75, 3.05) is 7.05 Å². The van der Waals surface area contributed by atoms with E-state index in [4.69, 9.17) is 9.15 Å². The number of hydrogen-bond donors (Lipinski definition) is 1. The van der Waals surface area contributed by atoms with Gasteiger partial charge < -0.3 is 14.5 Å². The lowest BCUT2D eigenvalue weighted by atomic mass is 9.82. The fourth-order valence-electron chi connectivity index (χ4n) is 3.04. The van der Waals surface area contributed by atoms with E-state index in [1.54, 1.807) is 6.26 Å². The summed E-state index contributed by atoms with van der Waals surface area (Å²) in [6.45, 7) is 6.09. The van der Waals surface area contributed by atoms with Crippen LogP contribution >= 0.6 is 0 Å². The molecule has 1 aromatic heterocycles. The van der Waals surface area contributed by atoms with E-state index in [1.165, 1.54) is 24.8 Å². The number of nitrogens with one attached hydrogen (secondary N) is 1. The van der Waals surface area contributed by atoms with Crippen LogP contribution in [0.1, 0.15) is 44.4 Å². The van der Waals surface area contributed by atoms with Crippen molar-refractivity contribution in [2.45, 2.75) is 52.4 Å². The van der Waals surface area contributed by atoms with E-state index in [2.05, 4.69) is 19.2 Å². The summed E-state index contributed by atoms with van der Waals surface area (Å²) >= 11 is 0. The van der Waals surface area contributed by atoms with Gasteiger partial charge in [-0.1, -0.05) is 13.8 Å². The third-order valence-corrected chi connectivity index (χ3v) is 3.79. The van der Waals surface area contributed by atoms with Gasteiger partial charge in [0.25, 0.3) is 0 Å². The van der Waals surface area contributed by atoms with Crippen molar-refractivity contribution in [1.29, 1.82) is 0 Å². The molecule has 1 heterocycles. The van der Waals surface area contributed by atoms with Gasteiger partial charge in [0.15, 0.2) is 0 Å². The largest absolute Gasteiger partial charge is 0.467 e. The first-order chi connectivity index (χ1) is 8.69. The highest BCUT2D eigenvalue weighted by atomic mass is 16.5. The normalized spacial score (nSPS) is 28.5. The third-order valence-electron chi connectivity index (χ3n) is 3.79. The minimum atomic E-state index is 0.399. The Morgan fingerprint density at radius 3 is 2.67 bits per heavy atom. The van der Waals surface area contributed by atoms with Gasteiger partial charge in [0.1, 0.15) is 12.4 Å². The van der Waals surface area contributed by atoms with Crippen LogP contribution in [0.15, 0.2) is 16.7 Å². The van der Waals surface area contributed by atoms with Gasteiger partial charge in [-0.15, -0.1) is 0 Å². The van der Waals surface area contributed by atoms with Crippen LogP contribution in [-0.4, -0.2) is 13.2 Å². The fraction of sp³-hybridized carbons (Fsp3) is 0.733. The lowest BCUT2D eigenvalue weighted by Gasteiger charge is -2.31. The van der Waals surface area contributed by atoms with Gasteiger partial charge in [-0.2, -0.15) is 0 Å². The highest BCUT2D eigenvalue weighted by Crippen LogP contribution is 2.31. The second kappa shape index (κ2) is 6.39. The molecule has 0 aromatic carbocycles. The Morgan fingerprint density at radius 2 is 2.00 bits per heavy atom. The molecule has 2 rings (SSSR count). The van der Waals surface area contributed by atoms with E-state index in [9.17, 15) is 0 Å². The molecule has 18 heavy (non-hydrogen) atoms. The van der Waals surface area contributed by atoms with Crippen molar-refractivity contribution >= 4 is 0 Å². The summed E-state index contributed by atoms with van der Waals surface area (Å²) in [6, 6.07) is 2.02. The van der Waals surface area contributed by atoms with E-state index >= 15 is 0 Å². The van der Waals surface area contributed by atoms with E-state index < -0.39 is 0 Å². The first-order valence-corrected chi connectivity index (χ1v) is 7.00. The van der Waals surface area contributed by atoms with Gasteiger partial charge in [-0.05, 0) is 44.2 Å². The predicted molar refractivity (Wildman–Crippen MR) is 72.2 cm³/mol. The van der Waals surface area contributed by atoms with Gasteiger partial charge >= 0.3 is 0 Å². The summed E-state index contributed by atoms with van der Waals surface area (Å²) in [7, 11) is 1.95. The number of hydrogen-bond acceptors (Lipinski definition) is 3. The van der Waals surface area contributed by atoms with Crippen molar-refractivity contribution in [3.05, 3.63) is 23.7 Å². The Morgan fingerprint density at radius 1 is 1.28 bits per heavy atom. The first kappa shape index (κ1) is 13.6. The summed E-state index contributed by atoms with van der Waals surface area (Å²) in [6.07, 6.45) is 5.86. The molecule has 1 fully saturated rings. The number of furan rings is 1. The zero-order valence-electron chi connectivity index (χ0n) is 11.7. The van der Waals surface area contributed by atoms with Gasteiger partial charge in [-0.25, -0.2) is 0 Å². The summed E-state index contributed by atoms with van der Waals surface area (Å²) in [5.74, 6) is 2.54. The molecule has 1 N–H and O–H groups in total. The molecule has 1 saturated carbocycles. The molecule has 102 valence electrons. The van der Waals surface area contributed by atoms with Crippen LogP contribution in [0.2, 0.25) is 0 Å². The van der Waals surface area contributed by atoms with Crippen LogP contribution < -0.4 is 5.32 Å². The van der Waals surface area contributed by atoms with Gasteiger partial charge in [0.2, 0.25) is 0 Å². The van der Waals surface area contributed by atoms with Crippen molar-refractivity contribution in [3.63, 3.8) is 0 Å². The Balaban J connectivity index is 1.85. The molecule has 0 radical (unpaired) electrons. The molecule has 0 saturated heterocycles. The Hall–Kier alpha value is -0.800. The minimum Gasteiger partial charge on any atom is -0.467 e. The molecule has 2 atom stereocenters. The monoisotopic (exact) mass is 251 g/mol. The van der Waals surface area contributed by atoms with E-state index in [1.807, 2.05) is 13.1 Å². The first-order valence-electron chi connectivity index (χ1n) is 7.00. The van der Waals surface area contributed by atoms with Crippen LogP contribution in [0, 0.1) is 11.8 Å². The second-order valence-electron chi connectivity index (χ2n) is 5.75. The van der Waals surface area contributed by atoms with E-state index in [-0.39, 0.29) is 0 Å². The Kier molecular flexibility index (Phi) is 4.84. The molecule has 1 aromatic rings. The van der Waals surface area contributed by atoms with Gasteiger partial charge in [0, 0.05) is 12.1 Å². The summed E-state index contributed by atoms with van der Waals surface area (Å²) in [4.78, 5) is 0. The molecule has 2 unspecified atom stereocenters. The quantitative estimate of drug-likeness (QED) is 0.871. The average Bonchev–Trinajstić information content (AvgIpc) is 2.73. The molecule has 0 amide bonds. The number of ether oxygens (including phenoxy) is 1. The van der Waals surface area contributed by atoms with Crippen LogP contribution in [0.4, 0.5) is 0 Å². The Bertz CT molecular complexity index is 351. The van der Waals surface area contributed by atoms with E-state index in [0.717, 1.165) is 24.1 Å². The summed E-state index contributed by atoms with van der Waals surface area (Å²) in [5, 5.41) is 3.15. The molecular weight excluding hydrogens is 226 g/mol. The maximum atomic E-state index is 6.03. The summed E-state index contributed by atoms with van der Waals surface area (Å²) in [5.41, 5.74) is 1.20. The van der Waals surface area contributed by atoms with Crippen LogP contribution in [0.25, 0.3) is 0 Å². The van der Waals surface area contributed by atoms with Gasteiger partial charge in [-0.3, -0.25) is 0 Å². The average molecular weight is 251 g/mol. The van der Waals surface area contributed by atoms with Crippen LogP contribution in [0.3, 0.4) is 0 Å². The maximum absolute atomic E-state index is 6.03. The standard InChI is InChI=1S/C15H25NO2/c1-11-6-12(2)8-14(7-11)18-10-15-13(9-16-3)4-5-17-15/h4-5,11-12,14,16H,6-10H2,1-3H3. The van der Waals surface area contributed by atoms with E-state index in [0.29, 0.717) is 12.7 Å². The van der Waals surface area contributed by atoms with Crippen LogP contribution in [-0.2, 0) is 17.9 Å². The number of rotatable bonds is 5. The third kappa shape index (κ3) is 3.59.